The quantitative estimate of drug-likeness (QED) is 0.777. The van der Waals surface area contributed by atoms with Gasteiger partial charge in [-0.3, -0.25) is 14.6 Å². The van der Waals surface area contributed by atoms with E-state index >= 15 is 0 Å². The van der Waals surface area contributed by atoms with Gasteiger partial charge in [-0.2, -0.15) is 0 Å². The Hall–Kier alpha value is -3.21. The van der Waals surface area contributed by atoms with E-state index in [-0.39, 0.29) is 18.4 Å². The van der Waals surface area contributed by atoms with Crippen molar-refractivity contribution in [3.8, 4) is 0 Å². The molecule has 24 heavy (non-hydrogen) atoms. The molecule has 0 saturated carbocycles. The molecule has 0 atom stereocenters. The topological polar surface area (TPSA) is 71.1 Å². The Morgan fingerprint density at radius 1 is 1.00 bits per heavy atom. The standard InChI is InChI=1S/C19H17N3O2/c1-13-6-2-3-9-15(13)19(24)21-12-17(23)22-16-10-4-7-14-8-5-11-20-18(14)16/h2-11H,12H2,1H3,(H,21,24)(H,22,23). The molecule has 0 bridgehead atoms. The number of anilines is 1. The van der Waals surface area contributed by atoms with Gasteiger partial charge in [0.05, 0.1) is 17.7 Å². The summed E-state index contributed by atoms with van der Waals surface area (Å²) >= 11 is 0. The van der Waals surface area contributed by atoms with E-state index in [9.17, 15) is 9.59 Å². The van der Waals surface area contributed by atoms with Gasteiger partial charge in [0.2, 0.25) is 5.91 Å². The maximum absolute atomic E-state index is 12.1. The molecule has 0 aliphatic rings. The van der Waals surface area contributed by atoms with Gasteiger partial charge in [0, 0.05) is 17.1 Å². The molecule has 2 N–H and O–H groups in total. The number of nitrogens with one attached hydrogen (secondary N) is 2. The van der Waals surface area contributed by atoms with Crippen LogP contribution in [0.3, 0.4) is 0 Å². The third-order valence-electron chi connectivity index (χ3n) is 3.71. The number of carbonyl (C=O) groups excluding carboxylic acids is 2. The van der Waals surface area contributed by atoms with E-state index in [1.165, 1.54) is 0 Å². The first-order valence-electron chi connectivity index (χ1n) is 7.62. The van der Waals surface area contributed by atoms with Crippen LogP contribution in [0.4, 0.5) is 5.69 Å². The normalized spacial score (nSPS) is 10.4. The van der Waals surface area contributed by atoms with Gasteiger partial charge in [-0.15, -0.1) is 0 Å². The van der Waals surface area contributed by atoms with Crippen LogP contribution in [0.5, 0.6) is 0 Å². The lowest BCUT2D eigenvalue weighted by atomic mass is 10.1. The number of nitrogens with zero attached hydrogens (tertiary/aromatic N) is 1. The van der Waals surface area contributed by atoms with E-state index in [1.54, 1.807) is 24.4 Å². The van der Waals surface area contributed by atoms with Crippen molar-refractivity contribution >= 4 is 28.4 Å². The zero-order chi connectivity index (χ0) is 16.9. The molecule has 0 unspecified atom stereocenters. The Morgan fingerprint density at radius 2 is 1.79 bits per heavy atom. The van der Waals surface area contributed by atoms with Crippen LogP contribution < -0.4 is 10.6 Å². The number of pyridine rings is 1. The summed E-state index contributed by atoms with van der Waals surface area (Å²) < 4.78 is 0. The van der Waals surface area contributed by atoms with Gasteiger partial charge < -0.3 is 10.6 Å². The van der Waals surface area contributed by atoms with Gasteiger partial charge >= 0.3 is 0 Å². The molecule has 0 radical (unpaired) electrons. The maximum Gasteiger partial charge on any atom is 0.251 e. The van der Waals surface area contributed by atoms with Crippen molar-refractivity contribution in [2.75, 3.05) is 11.9 Å². The second kappa shape index (κ2) is 6.91. The Morgan fingerprint density at radius 3 is 2.62 bits per heavy atom. The minimum atomic E-state index is -0.296. The Bertz CT molecular complexity index is 901. The molecule has 0 aliphatic carbocycles. The minimum Gasteiger partial charge on any atom is -0.343 e. The fourth-order valence-corrected chi connectivity index (χ4v) is 2.48. The molecule has 5 heteroatoms. The first-order valence-corrected chi connectivity index (χ1v) is 7.62. The van der Waals surface area contributed by atoms with Gasteiger partial charge in [0.1, 0.15) is 0 Å². The van der Waals surface area contributed by atoms with Crippen LogP contribution in [0.15, 0.2) is 60.8 Å². The number of hydrogen-bond donors (Lipinski definition) is 2. The molecule has 1 aromatic heterocycles. The number of para-hydroxylation sites is 1. The predicted molar refractivity (Wildman–Crippen MR) is 93.9 cm³/mol. The summed E-state index contributed by atoms with van der Waals surface area (Å²) in [5.41, 5.74) is 2.78. The van der Waals surface area contributed by atoms with Crippen LogP contribution in [0.25, 0.3) is 10.9 Å². The summed E-state index contributed by atoms with van der Waals surface area (Å²) in [7, 11) is 0. The molecule has 0 saturated heterocycles. The van der Waals surface area contributed by atoms with Gasteiger partial charge in [0.25, 0.3) is 5.91 Å². The van der Waals surface area contributed by atoms with Crippen molar-refractivity contribution in [2.24, 2.45) is 0 Å². The Kier molecular flexibility index (Phi) is 4.52. The smallest absolute Gasteiger partial charge is 0.251 e. The highest BCUT2D eigenvalue weighted by Crippen LogP contribution is 2.20. The molecule has 2 amide bonds. The number of amides is 2. The van der Waals surface area contributed by atoms with Gasteiger partial charge in [-0.25, -0.2) is 0 Å². The van der Waals surface area contributed by atoms with E-state index in [0.717, 1.165) is 16.5 Å². The number of carbonyl (C=O) groups is 2. The zero-order valence-electron chi connectivity index (χ0n) is 13.2. The molecule has 0 spiro atoms. The van der Waals surface area contributed by atoms with E-state index in [1.807, 2.05) is 43.3 Å². The lowest BCUT2D eigenvalue weighted by molar-refractivity contribution is -0.115. The van der Waals surface area contributed by atoms with Gasteiger partial charge in [0.15, 0.2) is 0 Å². The zero-order valence-corrected chi connectivity index (χ0v) is 13.2. The highest BCUT2D eigenvalue weighted by Gasteiger charge is 2.11. The summed E-state index contributed by atoms with van der Waals surface area (Å²) in [5.74, 6) is -0.561. The monoisotopic (exact) mass is 319 g/mol. The number of hydrogen-bond acceptors (Lipinski definition) is 3. The van der Waals surface area contributed by atoms with Gasteiger partial charge in [-0.05, 0) is 30.7 Å². The van der Waals surface area contributed by atoms with Crippen LogP contribution in [-0.4, -0.2) is 23.3 Å². The van der Waals surface area contributed by atoms with E-state index in [4.69, 9.17) is 0 Å². The number of aryl methyl sites for hydroxylation is 1. The number of benzene rings is 2. The first kappa shape index (κ1) is 15.7. The number of fused-ring (bicyclic) bond motifs is 1. The molecule has 0 aliphatic heterocycles. The largest absolute Gasteiger partial charge is 0.343 e. The third-order valence-corrected chi connectivity index (χ3v) is 3.71. The van der Waals surface area contributed by atoms with Crippen molar-refractivity contribution < 1.29 is 9.59 Å². The fraction of sp³-hybridized carbons (Fsp3) is 0.105. The van der Waals surface area contributed by atoms with Gasteiger partial charge in [-0.1, -0.05) is 36.4 Å². The minimum absolute atomic E-state index is 0.101. The van der Waals surface area contributed by atoms with Crippen LogP contribution in [-0.2, 0) is 4.79 Å². The summed E-state index contributed by atoms with van der Waals surface area (Å²) in [6, 6.07) is 16.6. The molecular weight excluding hydrogens is 302 g/mol. The molecular formula is C19H17N3O2. The van der Waals surface area contributed by atoms with Crippen LogP contribution in [0, 0.1) is 6.92 Å². The lowest BCUT2D eigenvalue weighted by Gasteiger charge is -2.10. The second-order valence-corrected chi connectivity index (χ2v) is 5.43. The summed E-state index contributed by atoms with van der Waals surface area (Å²) in [6.07, 6.45) is 1.68. The number of aromatic nitrogens is 1. The maximum atomic E-state index is 12.1. The summed E-state index contributed by atoms with van der Waals surface area (Å²) in [5, 5.41) is 6.37. The molecule has 5 nitrogen and oxygen atoms in total. The molecule has 3 aromatic rings. The van der Waals surface area contributed by atoms with Crippen LogP contribution in [0.2, 0.25) is 0 Å². The van der Waals surface area contributed by atoms with E-state index < -0.39 is 0 Å². The van der Waals surface area contributed by atoms with Crippen molar-refractivity contribution in [3.63, 3.8) is 0 Å². The molecule has 0 fully saturated rings. The average molecular weight is 319 g/mol. The predicted octanol–water partition coefficient (Wildman–Crippen LogP) is 2.91. The average Bonchev–Trinajstić information content (AvgIpc) is 2.60. The highest BCUT2D eigenvalue weighted by atomic mass is 16.2. The molecule has 2 aromatic carbocycles. The lowest BCUT2D eigenvalue weighted by Crippen LogP contribution is -2.33. The number of rotatable bonds is 4. The van der Waals surface area contributed by atoms with E-state index in [2.05, 4.69) is 15.6 Å². The second-order valence-electron chi connectivity index (χ2n) is 5.43. The SMILES string of the molecule is Cc1ccccc1C(=O)NCC(=O)Nc1cccc2cccnc12. The summed E-state index contributed by atoms with van der Waals surface area (Å²) in [4.78, 5) is 28.5. The third kappa shape index (κ3) is 3.41. The molecule has 1 heterocycles. The molecule has 120 valence electrons. The van der Waals surface area contributed by atoms with Crippen molar-refractivity contribution in [1.29, 1.82) is 0 Å². The fourth-order valence-electron chi connectivity index (χ4n) is 2.48. The van der Waals surface area contributed by atoms with Crippen LogP contribution in [0.1, 0.15) is 15.9 Å². The van der Waals surface area contributed by atoms with Crippen LogP contribution >= 0.6 is 0 Å². The Labute approximate surface area is 139 Å². The molecule has 3 rings (SSSR count). The first-order chi connectivity index (χ1) is 11.6. The van der Waals surface area contributed by atoms with Crippen molar-refractivity contribution in [2.45, 2.75) is 6.92 Å². The Balaban J connectivity index is 1.66. The summed E-state index contributed by atoms with van der Waals surface area (Å²) in [6.45, 7) is 1.76. The highest BCUT2D eigenvalue weighted by molar-refractivity contribution is 6.03. The van der Waals surface area contributed by atoms with E-state index in [0.29, 0.717) is 11.3 Å². The van der Waals surface area contributed by atoms with Crippen molar-refractivity contribution in [3.05, 3.63) is 71.9 Å². The van der Waals surface area contributed by atoms with Crippen molar-refractivity contribution in [1.82, 2.24) is 10.3 Å².